The lowest BCUT2D eigenvalue weighted by Gasteiger charge is -2.23. The molecule has 3 nitrogen and oxygen atoms in total. The van der Waals surface area contributed by atoms with E-state index in [4.69, 9.17) is 10.5 Å². The highest BCUT2D eigenvalue weighted by atomic mass is 16.5. The molecule has 1 aliphatic rings. The lowest BCUT2D eigenvalue weighted by molar-refractivity contribution is 0.261. The zero-order valence-corrected chi connectivity index (χ0v) is 10.8. The third-order valence-corrected chi connectivity index (χ3v) is 3.29. The smallest absolute Gasteiger partial charge is 0.119 e. The summed E-state index contributed by atoms with van der Waals surface area (Å²) in [5, 5.41) is 0. The Bertz CT molecular complexity index is 376. The Morgan fingerprint density at radius 1 is 1.41 bits per heavy atom. The molecule has 1 aromatic rings. The predicted molar refractivity (Wildman–Crippen MR) is 70.4 cm³/mol. The van der Waals surface area contributed by atoms with E-state index in [0.717, 1.165) is 31.7 Å². The molecule has 17 heavy (non-hydrogen) atoms. The number of hydrogen-bond donors (Lipinski definition) is 1. The van der Waals surface area contributed by atoms with E-state index in [-0.39, 0.29) is 6.04 Å². The summed E-state index contributed by atoms with van der Waals surface area (Å²) in [5.74, 6) is 0.947. The van der Waals surface area contributed by atoms with Crippen molar-refractivity contribution in [1.29, 1.82) is 0 Å². The highest BCUT2D eigenvalue weighted by molar-refractivity contribution is 5.39. The second-order valence-corrected chi connectivity index (χ2v) is 5.01. The van der Waals surface area contributed by atoms with Gasteiger partial charge in [-0.1, -0.05) is 6.07 Å². The fourth-order valence-electron chi connectivity index (χ4n) is 2.25. The van der Waals surface area contributed by atoms with Crippen LogP contribution in [0.4, 0.5) is 0 Å². The maximum Gasteiger partial charge on any atom is 0.119 e. The quantitative estimate of drug-likeness (QED) is 0.865. The van der Waals surface area contributed by atoms with Crippen molar-refractivity contribution in [2.45, 2.75) is 25.3 Å². The number of likely N-dealkylation sites (N-methyl/N-ethyl adjacent to an activating group) is 1. The average Bonchev–Trinajstić information content (AvgIpc) is 2.30. The molecule has 1 unspecified atom stereocenters. The van der Waals surface area contributed by atoms with Crippen LogP contribution in [0.15, 0.2) is 18.2 Å². The molecule has 0 fully saturated rings. The molecular weight excluding hydrogens is 212 g/mol. The minimum absolute atomic E-state index is 0.191. The minimum atomic E-state index is 0.191. The third-order valence-electron chi connectivity index (χ3n) is 3.29. The lowest BCUT2D eigenvalue weighted by Crippen LogP contribution is -2.20. The highest BCUT2D eigenvalue weighted by Crippen LogP contribution is 2.30. The molecule has 0 heterocycles. The molecule has 0 saturated heterocycles. The van der Waals surface area contributed by atoms with Crippen LogP contribution in [-0.4, -0.2) is 32.1 Å². The van der Waals surface area contributed by atoms with Gasteiger partial charge in [0, 0.05) is 12.6 Å². The average molecular weight is 234 g/mol. The van der Waals surface area contributed by atoms with Crippen LogP contribution in [0.1, 0.15) is 30.0 Å². The van der Waals surface area contributed by atoms with E-state index in [1.54, 1.807) is 0 Å². The van der Waals surface area contributed by atoms with Crippen LogP contribution in [0.3, 0.4) is 0 Å². The number of fused-ring (bicyclic) bond motifs is 1. The van der Waals surface area contributed by atoms with Crippen molar-refractivity contribution in [3.05, 3.63) is 29.3 Å². The molecule has 1 aromatic carbocycles. The van der Waals surface area contributed by atoms with Gasteiger partial charge in [0.2, 0.25) is 0 Å². The Balaban J connectivity index is 2.02. The zero-order valence-electron chi connectivity index (χ0n) is 10.8. The SMILES string of the molecule is CN(C)CCOc1ccc2c(c1)C(N)CCC2. The van der Waals surface area contributed by atoms with Crippen LogP contribution in [-0.2, 0) is 6.42 Å². The van der Waals surface area contributed by atoms with Crippen molar-refractivity contribution in [3.63, 3.8) is 0 Å². The maximum absolute atomic E-state index is 6.13. The summed E-state index contributed by atoms with van der Waals surface area (Å²) in [7, 11) is 4.10. The Hall–Kier alpha value is -1.06. The van der Waals surface area contributed by atoms with Gasteiger partial charge in [-0.25, -0.2) is 0 Å². The molecule has 0 saturated carbocycles. The Morgan fingerprint density at radius 2 is 2.24 bits per heavy atom. The van der Waals surface area contributed by atoms with Crippen LogP contribution in [0.2, 0.25) is 0 Å². The fourth-order valence-corrected chi connectivity index (χ4v) is 2.25. The van der Waals surface area contributed by atoms with E-state index in [1.807, 2.05) is 14.1 Å². The summed E-state index contributed by atoms with van der Waals surface area (Å²) in [6.07, 6.45) is 3.45. The number of hydrogen-bond acceptors (Lipinski definition) is 3. The second-order valence-electron chi connectivity index (χ2n) is 5.01. The molecule has 0 aliphatic heterocycles. The van der Waals surface area contributed by atoms with Crippen LogP contribution < -0.4 is 10.5 Å². The van der Waals surface area contributed by atoms with Gasteiger partial charge in [-0.05, 0) is 56.6 Å². The first kappa shape index (κ1) is 12.4. The molecule has 0 spiro atoms. The summed E-state index contributed by atoms with van der Waals surface area (Å²) < 4.78 is 5.73. The molecule has 3 heteroatoms. The monoisotopic (exact) mass is 234 g/mol. The first-order valence-corrected chi connectivity index (χ1v) is 6.33. The first-order chi connectivity index (χ1) is 8.16. The van der Waals surface area contributed by atoms with Gasteiger partial charge in [0.15, 0.2) is 0 Å². The molecule has 0 amide bonds. The van der Waals surface area contributed by atoms with Crippen molar-refractivity contribution < 1.29 is 4.74 Å². The largest absolute Gasteiger partial charge is 0.492 e. The van der Waals surface area contributed by atoms with E-state index < -0.39 is 0 Å². The number of benzene rings is 1. The molecule has 1 aliphatic carbocycles. The number of nitrogens with two attached hydrogens (primary N) is 1. The molecule has 1 atom stereocenters. The topological polar surface area (TPSA) is 38.5 Å². The van der Waals surface area contributed by atoms with E-state index in [2.05, 4.69) is 23.1 Å². The second kappa shape index (κ2) is 5.52. The lowest BCUT2D eigenvalue weighted by atomic mass is 9.88. The van der Waals surface area contributed by atoms with E-state index >= 15 is 0 Å². The standard InChI is InChI=1S/C14H22N2O/c1-16(2)8-9-17-12-7-6-11-4-3-5-14(15)13(11)10-12/h6-7,10,14H,3-5,8-9,15H2,1-2H3. The minimum Gasteiger partial charge on any atom is -0.492 e. The van der Waals surface area contributed by atoms with Crippen molar-refractivity contribution in [2.75, 3.05) is 27.2 Å². The van der Waals surface area contributed by atoms with Crippen LogP contribution in [0, 0.1) is 0 Å². The number of nitrogens with zero attached hydrogens (tertiary/aromatic N) is 1. The first-order valence-electron chi connectivity index (χ1n) is 6.33. The van der Waals surface area contributed by atoms with E-state index in [0.29, 0.717) is 0 Å². The van der Waals surface area contributed by atoms with Crippen LogP contribution >= 0.6 is 0 Å². The summed E-state index contributed by atoms with van der Waals surface area (Å²) in [5.41, 5.74) is 8.80. The summed E-state index contributed by atoms with van der Waals surface area (Å²) in [6.45, 7) is 1.66. The summed E-state index contributed by atoms with van der Waals surface area (Å²) in [4.78, 5) is 2.12. The Morgan fingerprint density at radius 3 is 3.00 bits per heavy atom. The van der Waals surface area contributed by atoms with Crippen molar-refractivity contribution in [3.8, 4) is 5.75 Å². The molecule has 2 rings (SSSR count). The molecule has 0 aromatic heterocycles. The number of ether oxygens (including phenoxy) is 1. The highest BCUT2D eigenvalue weighted by Gasteiger charge is 2.17. The molecule has 0 bridgehead atoms. The molecule has 94 valence electrons. The van der Waals surface area contributed by atoms with Gasteiger partial charge in [-0.3, -0.25) is 0 Å². The van der Waals surface area contributed by atoms with Crippen molar-refractivity contribution in [2.24, 2.45) is 5.73 Å². The van der Waals surface area contributed by atoms with Gasteiger partial charge >= 0.3 is 0 Å². The van der Waals surface area contributed by atoms with Crippen LogP contribution in [0.5, 0.6) is 5.75 Å². The van der Waals surface area contributed by atoms with Gasteiger partial charge in [0.05, 0.1) is 0 Å². The molecular formula is C14H22N2O. The fraction of sp³-hybridized carbons (Fsp3) is 0.571. The Labute approximate surface area is 104 Å². The number of aryl methyl sites for hydroxylation is 1. The summed E-state index contributed by atoms with van der Waals surface area (Å²) in [6, 6.07) is 6.54. The van der Waals surface area contributed by atoms with Crippen molar-refractivity contribution >= 4 is 0 Å². The van der Waals surface area contributed by atoms with E-state index in [1.165, 1.54) is 17.5 Å². The van der Waals surface area contributed by atoms with Gasteiger partial charge in [-0.2, -0.15) is 0 Å². The molecule has 2 N–H and O–H groups in total. The van der Waals surface area contributed by atoms with Crippen molar-refractivity contribution in [1.82, 2.24) is 4.90 Å². The van der Waals surface area contributed by atoms with Gasteiger partial charge in [-0.15, -0.1) is 0 Å². The third kappa shape index (κ3) is 3.20. The van der Waals surface area contributed by atoms with Gasteiger partial charge in [0.25, 0.3) is 0 Å². The van der Waals surface area contributed by atoms with E-state index in [9.17, 15) is 0 Å². The number of rotatable bonds is 4. The normalized spacial score (nSPS) is 19.2. The molecule has 0 radical (unpaired) electrons. The van der Waals surface area contributed by atoms with Gasteiger partial charge < -0.3 is 15.4 Å². The van der Waals surface area contributed by atoms with Crippen LogP contribution in [0.25, 0.3) is 0 Å². The summed E-state index contributed by atoms with van der Waals surface area (Å²) >= 11 is 0. The Kier molecular flexibility index (Phi) is 4.02. The zero-order chi connectivity index (χ0) is 12.3. The maximum atomic E-state index is 6.13. The van der Waals surface area contributed by atoms with Gasteiger partial charge in [0.1, 0.15) is 12.4 Å². The predicted octanol–water partition coefficient (Wildman–Crippen LogP) is 1.96.